The maximum Gasteiger partial charge on any atom is 0.566 e. The quantitative estimate of drug-likeness (QED) is 0.165. The molecule has 6 aromatic carbocycles. The topological polar surface area (TPSA) is 137 Å². The van der Waals surface area contributed by atoms with Crippen LogP contribution in [0.15, 0.2) is 133 Å². The second-order valence-corrected chi connectivity index (χ2v) is 17.2. The summed E-state index contributed by atoms with van der Waals surface area (Å²) in [6, 6.07) is 42.5. The van der Waals surface area contributed by atoms with Gasteiger partial charge in [-0.2, -0.15) is 0 Å². The van der Waals surface area contributed by atoms with Gasteiger partial charge in [0.25, 0.3) is 11.8 Å². The van der Waals surface area contributed by atoms with Crippen LogP contribution in [0.3, 0.4) is 0 Å². The largest absolute Gasteiger partial charge is 0.566 e. The van der Waals surface area contributed by atoms with E-state index >= 15 is 0 Å². The van der Waals surface area contributed by atoms with Gasteiger partial charge in [-0.3, -0.25) is 9.59 Å². The van der Waals surface area contributed by atoms with Crippen LogP contribution >= 0.6 is 0 Å². The third kappa shape index (κ3) is 6.94. The Hall–Kier alpha value is -6.27. The Kier molecular flexibility index (Phi) is 10.4. The van der Waals surface area contributed by atoms with Crippen molar-refractivity contribution in [1.29, 1.82) is 0 Å². The van der Waals surface area contributed by atoms with E-state index in [1.807, 2.05) is 101 Å². The van der Waals surface area contributed by atoms with Gasteiger partial charge in [-0.05, 0) is 99.9 Å². The molecule has 312 valence electrons. The van der Waals surface area contributed by atoms with Crippen molar-refractivity contribution in [2.24, 2.45) is 11.5 Å². The van der Waals surface area contributed by atoms with E-state index in [2.05, 4.69) is 24.3 Å². The molecule has 4 aliphatic heterocycles. The summed E-state index contributed by atoms with van der Waals surface area (Å²) in [5.41, 5.74) is 17.6. The summed E-state index contributed by atoms with van der Waals surface area (Å²) in [4.78, 5) is 46.4. The monoisotopic (exact) mass is 824 g/mol. The van der Waals surface area contributed by atoms with Gasteiger partial charge in [0.05, 0.1) is 6.61 Å². The highest BCUT2D eigenvalue weighted by molar-refractivity contribution is 6.65. The number of likely N-dealkylation sites (tertiary alicyclic amines) is 2. The smallest absolute Gasteiger partial charge is 0.503 e. The van der Waals surface area contributed by atoms with Crippen LogP contribution in [-0.2, 0) is 38.2 Å². The zero-order chi connectivity index (χ0) is 42.4. The van der Waals surface area contributed by atoms with Gasteiger partial charge in [-0.1, -0.05) is 109 Å². The lowest BCUT2D eigenvalue weighted by atomic mass is 9.74. The van der Waals surface area contributed by atoms with E-state index in [-0.39, 0.29) is 17.2 Å². The maximum atomic E-state index is 14.3. The van der Waals surface area contributed by atoms with Crippen molar-refractivity contribution in [3.63, 3.8) is 0 Å². The van der Waals surface area contributed by atoms with Gasteiger partial charge in [-0.25, -0.2) is 4.79 Å². The zero-order valence-corrected chi connectivity index (χ0v) is 34.6. The van der Waals surface area contributed by atoms with Crippen molar-refractivity contribution < 1.29 is 28.4 Å². The molecule has 0 saturated carbocycles. The zero-order valence-electron chi connectivity index (χ0n) is 34.6. The fourth-order valence-corrected chi connectivity index (χ4v) is 10.1. The standard InChI is InChI=1S/C51H49BN4O6/c53-31-34-7-4-8-37(27-34)36-19-23-55(24-20-36)47(57)39-10-5-13-41(29-39)51(40-11-2-1-3-12-40)49(59)61-52(62-51)42-16-17-43-38(30-42)9-6-14-44(43)48(58)56-25-21-50(22-26-56)33-60-46-18-15-35(32-54)28-45(46)50/h1-18,27-30,36H,19-26,31-33,53-54H2/t51-/m1/s1. The lowest BCUT2D eigenvalue weighted by molar-refractivity contribution is -0.141. The number of nitrogens with two attached hydrogens (primary N) is 2. The molecular weight excluding hydrogens is 775 g/mol. The highest BCUT2D eigenvalue weighted by Gasteiger charge is 2.56. The molecule has 0 radical (unpaired) electrons. The molecule has 62 heavy (non-hydrogen) atoms. The SMILES string of the molecule is NCc1cccc(C2CCN(C(=O)c3cccc([C@@]4(c5ccccc5)OB(c5ccc6c(C(=O)N7CCC8(CC7)COc7ccc(CN)cc78)cccc6c5)OC4=O)c3)CC2)c1. The molecule has 10 rings (SSSR count). The molecule has 10 nitrogen and oxygen atoms in total. The summed E-state index contributed by atoms with van der Waals surface area (Å²) >= 11 is 0. The minimum atomic E-state index is -1.63. The summed E-state index contributed by atoms with van der Waals surface area (Å²) in [5, 5.41) is 1.64. The van der Waals surface area contributed by atoms with Crippen LogP contribution in [0.25, 0.3) is 10.8 Å². The Balaban J connectivity index is 0.878. The van der Waals surface area contributed by atoms with Crippen LogP contribution in [0.5, 0.6) is 5.75 Å². The second kappa shape index (κ2) is 16.2. The van der Waals surface area contributed by atoms with Gasteiger partial charge >= 0.3 is 13.1 Å². The van der Waals surface area contributed by atoms with Crippen LogP contribution in [0.2, 0.25) is 0 Å². The maximum absolute atomic E-state index is 14.3. The normalized spacial score (nSPS) is 19.7. The van der Waals surface area contributed by atoms with E-state index in [0.29, 0.717) is 79.5 Å². The minimum Gasteiger partial charge on any atom is -0.503 e. The number of benzene rings is 6. The molecule has 11 heteroatoms. The van der Waals surface area contributed by atoms with Gasteiger partial charge in [0.15, 0.2) is 0 Å². The van der Waals surface area contributed by atoms with Crippen molar-refractivity contribution in [3.8, 4) is 5.75 Å². The van der Waals surface area contributed by atoms with Crippen LogP contribution in [-0.4, -0.2) is 67.5 Å². The highest BCUT2D eigenvalue weighted by Crippen LogP contribution is 2.46. The summed E-state index contributed by atoms with van der Waals surface area (Å²) in [6.07, 6.45) is 3.33. The first-order chi connectivity index (χ1) is 30.3. The third-order valence-corrected chi connectivity index (χ3v) is 13.7. The number of rotatable bonds is 8. The molecule has 4 heterocycles. The summed E-state index contributed by atoms with van der Waals surface area (Å²) < 4.78 is 19.0. The minimum absolute atomic E-state index is 0.0178. The molecule has 3 fully saturated rings. The lowest BCUT2D eigenvalue weighted by Crippen LogP contribution is -2.46. The Bertz CT molecular complexity index is 2690. The predicted molar refractivity (Wildman–Crippen MR) is 239 cm³/mol. The van der Waals surface area contributed by atoms with Crippen LogP contribution in [0.4, 0.5) is 0 Å². The van der Waals surface area contributed by atoms with Gasteiger partial charge in [-0.15, -0.1) is 0 Å². The van der Waals surface area contributed by atoms with Crippen molar-refractivity contribution in [3.05, 3.63) is 178 Å². The van der Waals surface area contributed by atoms with E-state index < -0.39 is 18.7 Å². The van der Waals surface area contributed by atoms with E-state index in [1.54, 1.807) is 18.2 Å². The van der Waals surface area contributed by atoms with E-state index in [4.69, 9.17) is 25.5 Å². The Morgan fingerprint density at radius 3 is 2.21 bits per heavy atom. The van der Waals surface area contributed by atoms with Gasteiger partial charge in [0, 0.05) is 61.4 Å². The molecule has 4 N–H and O–H groups in total. The molecule has 0 aromatic heterocycles. The number of amides is 2. The van der Waals surface area contributed by atoms with Crippen molar-refractivity contribution in [2.45, 2.75) is 55.7 Å². The number of piperidine rings is 2. The molecule has 3 saturated heterocycles. The average Bonchev–Trinajstić information content (AvgIpc) is 3.88. The Labute approximate surface area is 361 Å². The third-order valence-electron chi connectivity index (χ3n) is 13.7. The van der Waals surface area contributed by atoms with Crippen LogP contribution in [0.1, 0.15) is 85.7 Å². The van der Waals surface area contributed by atoms with Gasteiger partial charge < -0.3 is 35.3 Å². The van der Waals surface area contributed by atoms with Crippen molar-refractivity contribution in [1.82, 2.24) is 9.80 Å². The van der Waals surface area contributed by atoms with E-state index in [0.717, 1.165) is 53.3 Å². The molecule has 2 amide bonds. The van der Waals surface area contributed by atoms with Crippen LogP contribution < -0.4 is 21.7 Å². The summed E-state index contributed by atoms with van der Waals surface area (Å²) in [6.45, 7) is 4.08. The van der Waals surface area contributed by atoms with Crippen molar-refractivity contribution in [2.75, 3.05) is 32.8 Å². The number of fused-ring (bicyclic) bond motifs is 3. The number of hydrogen-bond donors (Lipinski definition) is 2. The Morgan fingerprint density at radius 1 is 0.694 bits per heavy atom. The molecule has 0 unspecified atom stereocenters. The number of carbonyl (C=O) groups is 3. The average molecular weight is 825 g/mol. The predicted octanol–water partition coefficient (Wildman–Crippen LogP) is 6.56. The lowest BCUT2D eigenvalue weighted by Gasteiger charge is -2.38. The molecular formula is C51H49BN4O6. The van der Waals surface area contributed by atoms with Gasteiger partial charge in [0.1, 0.15) is 5.75 Å². The van der Waals surface area contributed by atoms with E-state index in [1.165, 1.54) is 11.1 Å². The highest BCUT2D eigenvalue weighted by atomic mass is 16.7. The molecule has 6 aromatic rings. The first kappa shape index (κ1) is 39.8. The fraction of sp³-hybridized carbons (Fsp3) is 0.275. The number of carbonyl (C=O) groups excluding carboxylic acids is 3. The fourth-order valence-electron chi connectivity index (χ4n) is 10.1. The van der Waals surface area contributed by atoms with Gasteiger partial charge in [0.2, 0.25) is 5.60 Å². The van der Waals surface area contributed by atoms with Crippen molar-refractivity contribution >= 4 is 41.1 Å². The number of nitrogens with zero attached hydrogens (tertiary/aromatic N) is 2. The Morgan fingerprint density at radius 2 is 1.42 bits per heavy atom. The first-order valence-electron chi connectivity index (χ1n) is 21.7. The number of ether oxygens (including phenoxy) is 1. The summed E-state index contributed by atoms with van der Waals surface area (Å²) in [7, 11) is -1.04. The molecule has 4 aliphatic rings. The number of hydrogen-bond acceptors (Lipinski definition) is 8. The molecule has 1 spiro atoms. The molecule has 0 bridgehead atoms. The van der Waals surface area contributed by atoms with Crippen LogP contribution in [0, 0.1) is 0 Å². The summed E-state index contributed by atoms with van der Waals surface area (Å²) in [5.74, 6) is 0.603. The first-order valence-corrected chi connectivity index (χ1v) is 21.7. The molecule has 1 atom stereocenters. The molecule has 0 aliphatic carbocycles. The second-order valence-electron chi connectivity index (χ2n) is 17.2. The van der Waals surface area contributed by atoms with E-state index in [9.17, 15) is 14.4 Å².